The van der Waals surface area contributed by atoms with Crippen LogP contribution in [0, 0.1) is 0 Å². The third-order valence-corrected chi connectivity index (χ3v) is 4.44. The molecule has 3 aromatic carbocycles. The number of aliphatic carboxylic acids is 1. The van der Waals surface area contributed by atoms with Crippen molar-refractivity contribution in [2.24, 2.45) is 0 Å². The molecule has 0 heterocycles. The summed E-state index contributed by atoms with van der Waals surface area (Å²) in [7, 11) is 0. The molecule has 3 aromatic rings. The standard InChI is InChI=1S/C24H25NO4/c1-24(2,3)29-23(28)25-21(22(26)27)14-16-7-6-10-18(13-16)20-12-11-17-8-4-5-9-19(17)15-20/h4-13,15,21H,14H2,1-3H3,(H,25,28)(H,26,27). The molecule has 0 radical (unpaired) electrons. The zero-order valence-corrected chi connectivity index (χ0v) is 16.8. The highest BCUT2D eigenvalue weighted by Crippen LogP contribution is 2.25. The zero-order chi connectivity index (χ0) is 21.0. The molecule has 5 nitrogen and oxygen atoms in total. The van der Waals surface area contributed by atoms with Crippen LogP contribution in [-0.4, -0.2) is 28.8 Å². The van der Waals surface area contributed by atoms with Gasteiger partial charge in [0, 0.05) is 6.42 Å². The van der Waals surface area contributed by atoms with Crippen molar-refractivity contribution in [1.29, 1.82) is 0 Å². The number of alkyl carbamates (subject to hydrolysis) is 1. The fourth-order valence-corrected chi connectivity index (χ4v) is 3.13. The topological polar surface area (TPSA) is 75.6 Å². The van der Waals surface area contributed by atoms with E-state index < -0.39 is 23.7 Å². The molecule has 3 rings (SSSR count). The average molecular weight is 391 g/mol. The number of fused-ring (bicyclic) bond motifs is 1. The molecule has 0 aliphatic rings. The predicted molar refractivity (Wildman–Crippen MR) is 114 cm³/mol. The Morgan fingerprint density at radius 1 is 0.931 bits per heavy atom. The Balaban J connectivity index is 1.79. The van der Waals surface area contributed by atoms with Gasteiger partial charge < -0.3 is 15.2 Å². The smallest absolute Gasteiger partial charge is 0.408 e. The number of ether oxygens (including phenoxy) is 1. The second kappa shape index (κ2) is 8.35. The van der Waals surface area contributed by atoms with E-state index in [2.05, 4.69) is 35.6 Å². The van der Waals surface area contributed by atoms with Gasteiger partial charge in [-0.05, 0) is 54.3 Å². The first-order chi connectivity index (χ1) is 13.7. The summed E-state index contributed by atoms with van der Waals surface area (Å²) >= 11 is 0. The predicted octanol–water partition coefficient (Wildman–Crippen LogP) is 5.03. The van der Waals surface area contributed by atoms with Gasteiger partial charge in [-0.25, -0.2) is 9.59 Å². The number of rotatable bonds is 5. The fraction of sp³-hybridized carbons (Fsp3) is 0.250. The van der Waals surface area contributed by atoms with Gasteiger partial charge in [0.1, 0.15) is 11.6 Å². The van der Waals surface area contributed by atoms with Gasteiger partial charge in [0.2, 0.25) is 0 Å². The molecular formula is C24H25NO4. The van der Waals surface area contributed by atoms with E-state index in [9.17, 15) is 14.7 Å². The van der Waals surface area contributed by atoms with E-state index in [1.165, 1.54) is 5.39 Å². The van der Waals surface area contributed by atoms with Crippen LogP contribution >= 0.6 is 0 Å². The molecule has 1 unspecified atom stereocenters. The van der Waals surface area contributed by atoms with Gasteiger partial charge >= 0.3 is 12.1 Å². The summed E-state index contributed by atoms with van der Waals surface area (Å²) in [4.78, 5) is 23.6. The minimum atomic E-state index is -1.10. The Kier molecular flexibility index (Phi) is 5.87. The van der Waals surface area contributed by atoms with Crippen LogP contribution in [0.4, 0.5) is 4.79 Å². The number of benzene rings is 3. The Morgan fingerprint density at radius 2 is 1.62 bits per heavy atom. The van der Waals surface area contributed by atoms with Crippen molar-refractivity contribution in [2.75, 3.05) is 0 Å². The van der Waals surface area contributed by atoms with Crippen LogP contribution in [0.5, 0.6) is 0 Å². The second-order valence-electron chi connectivity index (χ2n) is 8.00. The molecule has 0 aromatic heterocycles. The average Bonchev–Trinajstić information content (AvgIpc) is 2.66. The largest absolute Gasteiger partial charge is 0.480 e. The van der Waals surface area contributed by atoms with Gasteiger partial charge in [-0.1, -0.05) is 60.7 Å². The van der Waals surface area contributed by atoms with Crippen LogP contribution in [0.25, 0.3) is 21.9 Å². The molecule has 29 heavy (non-hydrogen) atoms. The highest BCUT2D eigenvalue weighted by molar-refractivity contribution is 5.87. The first-order valence-corrected chi connectivity index (χ1v) is 9.52. The van der Waals surface area contributed by atoms with E-state index in [-0.39, 0.29) is 6.42 Å². The summed E-state index contributed by atoms with van der Waals surface area (Å²) in [5, 5.41) is 14.3. The van der Waals surface area contributed by atoms with Crippen LogP contribution in [0.1, 0.15) is 26.3 Å². The second-order valence-corrected chi connectivity index (χ2v) is 8.00. The number of nitrogens with one attached hydrogen (secondary N) is 1. The number of carbonyl (C=O) groups excluding carboxylic acids is 1. The van der Waals surface area contributed by atoms with E-state index in [0.717, 1.165) is 22.1 Å². The summed E-state index contributed by atoms with van der Waals surface area (Å²) < 4.78 is 5.18. The van der Waals surface area contributed by atoms with Crippen molar-refractivity contribution in [3.05, 3.63) is 72.3 Å². The normalized spacial score (nSPS) is 12.4. The summed E-state index contributed by atoms with van der Waals surface area (Å²) in [6, 6.07) is 21.0. The molecule has 0 bridgehead atoms. The molecule has 150 valence electrons. The number of hydrogen-bond donors (Lipinski definition) is 2. The van der Waals surface area contributed by atoms with E-state index in [0.29, 0.717) is 0 Å². The van der Waals surface area contributed by atoms with Crippen molar-refractivity contribution in [1.82, 2.24) is 5.32 Å². The molecule has 0 aliphatic heterocycles. The maximum Gasteiger partial charge on any atom is 0.408 e. The number of amides is 1. The maximum absolute atomic E-state index is 12.0. The lowest BCUT2D eigenvalue weighted by Gasteiger charge is -2.22. The Bertz CT molecular complexity index is 1040. The van der Waals surface area contributed by atoms with Crippen molar-refractivity contribution >= 4 is 22.8 Å². The molecule has 1 atom stereocenters. The van der Waals surface area contributed by atoms with Crippen molar-refractivity contribution in [3.8, 4) is 11.1 Å². The SMILES string of the molecule is CC(C)(C)OC(=O)NC(Cc1cccc(-c2ccc3ccccc3c2)c1)C(=O)O. The molecule has 0 fully saturated rings. The van der Waals surface area contributed by atoms with Crippen molar-refractivity contribution < 1.29 is 19.4 Å². The number of carbonyl (C=O) groups is 2. The van der Waals surface area contributed by atoms with Gasteiger partial charge in [0.05, 0.1) is 0 Å². The molecule has 5 heteroatoms. The lowest BCUT2D eigenvalue weighted by atomic mass is 9.97. The summed E-state index contributed by atoms with van der Waals surface area (Å²) in [5.74, 6) is -1.10. The first-order valence-electron chi connectivity index (χ1n) is 9.52. The lowest BCUT2D eigenvalue weighted by molar-refractivity contribution is -0.139. The highest BCUT2D eigenvalue weighted by atomic mass is 16.6. The van der Waals surface area contributed by atoms with Gasteiger partial charge in [0.25, 0.3) is 0 Å². The minimum Gasteiger partial charge on any atom is -0.480 e. The number of carboxylic acids is 1. The third kappa shape index (κ3) is 5.57. The van der Waals surface area contributed by atoms with Crippen LogP contribution in [0.3, 0.4) is 0 Å². The molecule has 0 saturated carbocycles. The van der Waals surface area contributed by atoms with Crippen LogP contribution < -0.4 is 5.32 Å². The third-order valence-electron chi connectivity index (χ3n) is 4.44. The van der Waals surface area contributed by atoms with E-state index in [4.69, 9.17) is 4.74 Å². The van der Waals surface area contributed by atoms with Crippen molar-refractivity contribution in [2.45, 2.75) is 38.8 Å². The monoisotopic (exact) mass is 391 g/mol. The molecule has 0 spiro atoms. The fourth-order valence-electron chi connectivity index (χ4n) is 3.13. The maximum atomic E-state index is 12.0. The van der Waals surface area contributed by atoms with E-state index >= 15 is 0 Å². The summed E-state index contributed by atoms with van der Waals surface area (Å²) in [6.45, 7) is 5.19. The van der Waals surface area contributed by atoms with Gasteiger partial charge in [0.15, 0.2) is 0 Å². The molecule has 0 saturated heterocycles. The van der Waals surface area contributed by atoms with Gasteiger partial charge in [-0.2, -0.15) is 0 Å². The first kappa shape index (κ1) is 20.4. The van der Waals surface area contributed by atoms with Crippen LogP contribution in [0.2, 0.25) is 0 Å². The summed E-state index contributed by atoms with van der Waals surface area (Å²) in [6.07, 6.45) is -0.578. The Morgan fingerprint density at radius 3 is 2.31 bits per heavy atom. The quantitative estimate of drug-likeness (QED) is 0.640. The Hall–Kier alpha value is -3.34. The lowest BCUT2D eigenvalue weighted by Crippen LogP contribution is -2.44. The number of hydrogen-bond acceptors (Lipinski definition) is 3. The molecule has 1 amide bonds. The molecule has 2 N–H and O–H groups in total. The van der Waals surface area contributed by atoms with Gasteiger partial charge in [-0.15, -0.1) is 0 Å². The van der Waals surface area contributed by atoms with Crippen LogP contribution in [-0.2, 0) is 16.0 Å². The Labute approximate surface area is 170 Å². The van der Waals surface area contributed by atoms with Crippen molar-refractivity contribution in [3.63, 3.8) is 0 Å². The minimum absolute atomic E-state index is 0.163. The highest BCUT2D eigenvalue weighted by Gasteiger charge is 2.24. The van der Waals surface area contributed by atoms with E-state index in [1.807, 2.05) is 36.4 Å². The van der Waals surface area contributed by atoms with Crippen LogP contribution in [0.15, 0.2) is 66.7 Å². The number of carboxylic acid groups (broad SMARTS) is 1. The molecular weight excluding hydrogens is 366 g/mol. The van der Waals surface area contributed by atoms with Gasteiger partial charge in [-0.3, -0.25) is 0 Å². The summed E-state index contributed by atoms with van der Waals surface area (Å²) in [5.41, 5.74) is 2.18. The molecule has 0 aliphatic carbocycles. The zero-order valence-electron chi connectivity index (χ0n) is 16.8. The van der Waals surface area contributed by atoms with E-state index in [1.54, 1.807) is 20.8 Å².